The van der Waals surface area contributed by atoms with E-state index in [1.54, 1.807) is 0 Å². The number of Topliss-reactive ketones (excluding diaryl/α,β-unsaturated/α-hetero) is 1. The van der Waals surface area contributed by atoms with Gasteiger partial charge in [0, 0.05) is 12.8 Å². The van der Waals surface area contributed by atoms with Crippen LogP contribution >= 0.6 is 0 Å². The van der Waals surface area contributed by atoms with Crippen LogP contribution in [0.2, 0.25) is 0 Å². The summed E-state index contributed by atoms with van der Waals surface area (Å²) in [5.74, 6) is 0.477. The van der Waals surface area contributed by atoms with E-state index in [1.807, 2.05) is 0 Å². The van der Waals surface area contributed by atoms with Gasteiger partial charge in [0.15, 0.2) is 27.3 Å². The highest BCUT2D eigenvalue weighted by atomic mass is 32.2. The number of oxazole rings is 1. The Bertz CT molecular complexity index is 503. The van der Waals surface area contributed by atoms with Gasteiger partial charge in [-0.25, -0.2) is 13.4 Å². The molecule has 0 saturated carbocycles. The topological polar surface area (TPSA) is 77.2 Å². The number of sulfone groups is 1. The van der Waals surface area contributed by atoms with E-state index >= 15 is 0 Å². The highest BCUT2D eigenvalue weighted by Gasteiger charge is 2.29. The number of carbonyl (C=O) groups excluding carboxylic acids is 1. The molecule has 0 aromatic carbocycles. The maximum absolute atomic E-state index is 11.4. The van der Waals surface area contributed by atoms with Crippen LogP contribution in [0.15, 0.2) is 10.6 Å². The highest BCUT2D eigenvalue weighted by Crippen LogP contribution is 2.27. The molecule has 1 saturated heterocycles. The Morgan fingerprint density at radius 1 is 1.56 bits per heavy atom. The lowest BCUT2D eigenvalue weighted by Crippen LogP contribution is -2.23. The molecular formula is C10H13NO4S. The Balaban J connectivity index is 2.20. The van der Waals surface area contributed by atoms with Gasteiger partial charge in [-0.05, 0) is 12.8 Å². The first kappa shape index (κ1) is 11.3. The minimum Gasteiger partial charge on any atom is -0.437 e. The summed E-state index contributed by atoms with van der Waals surface area (Å²) in [7, 11) is -2.98. The second-order valence-corrected chi connectivity index (χ2v) is 6.30. The molecule has 1 aromatic rings. The van der Waals surface area contributed by atoms with Crippen LogP contribution in [0.1, 0.15) is 42.1 Å². The summed E-state index contributed by atoms with van der Waals surface area (Å²) in [5, 5.41) is 0. The number of nitrogens with zero attached hydrogens (tertiary/aromatic N) is 1. The van der Waals surface area contributed by atoms with E-state index in [2.05, 4.69) is 4.98 Å². The van der Waals surface area contributed by atoms with Crippen molar-refractivity contribution in [1.82, 2.24) is 4.98 Å². The van der Waals surface area contributed by atoms with Crippen molar-refractivity contribution in [1.29, 1.82) is 0 Å². The minimum atomic E-state index is -2.98. The number of hydrogen-bond acceptors (Lipinski definition) is 5. The molecule has 16 heavy (non-hydrogen) atoms. The van der Waals surface area contributed by atoms with E-state index in [4.69, 9.17) is 4.42 Å². The number of ketones is 1. The molecule has 2 heterocycles. The van der Waals surface area contributed by atoms with Gasteiger partial charge >= 0.3 is 0 Å². The van der Waals surface area contributed by atoms with Crippen LogP contribution in [-0.4, -0.2) is 30.7 Å². The quantitative estimate of drug-likeness (QED) is 0.729. The second-order valence-electron chi connectivity index (χ2n) is 4.07. The molecule has 0 spiro atoms. The fraction of sp³-hybridized carbons (Fsp3) is 0.600. The van der Waals surface area contributed by atoms with Crippen molar-refractivity contribution in [3.63, 3.8) is 0 Å². The number of rotatable bonds is 2. The third-order valence-electron chi connectivity index (χ3n) is 2.68. The monoisotopic (exact) mass is 243 g/mol. The van der Waals surface area contributed by atoms with Crippen molar-refractivity contribution in [3.8, 4) is 0 Å². The lowest BCUT2D eigenvalue weighted by molar-refractivity contribution is 0.0985. The Morgan fingerprint density at radius 3 is 2.88 bits per heavy atom. The number of hydrogen-bond donors (Lipinski definition) is 0. The zero-order valence-electron chi connectivity index (χ0n) is 8.97. The largest absolute Gasteiger partial charge is 0.437 e. The summed E-state index contributed by atoms with van der Waals surface area (Å²) >= 11 is 0. The van der Waals surface area contributed by atoms with E-state index in [0.29, 0.717) is 12.3 Å². The normalized spacial score (nSPS) is 24.2. The maximum atomic E-state index is 11.4. The SMILES string of the molecule is CC(=O)c1cnc(C2CCCS(=O)(=O)C2)o1. The molecule has 0 amide bonds. The average Bonchev–Trinajstić information content (AvgIpc) is 2.64. The summed E-state index contributed by atoms with van der Waals surface area (Å²) in [5.41, 5.74) is 0. The Labute approximate surface area is 93.8 Å². The van der Waals surface area contributed by atoms with Crippen molar-refractivity contribution >= 4 is 15.6 Å². The smallest absolute Gasteiger partial charge is 0.199 e. The van der Waals surface area contributed by atoms with Crippen LogP contribution in [0, 0.1) is 0 Å². The van der Waals surface area contributed by atoms with E-state index in [1.165, 1.54) is 13.1 Å². The van der Waals surface area contributed by atoms with Gasteiger partial charge in [-0.15, -0.1) is 0 Å². The van der Waals surface area contributed by atoms with Crippen LogP contribution in [0.25, 0.3) is 0 Å². The Kier molecular flexibility index (Phi) is 2.84. The van der Waals surface area contributed by atoms with Gasteiger partial charge in [0.25, 0.3) is 0 Å². The first-order valence-electron chi connectivity index (χ1n) is 5.15. The molecule has 5 nitrogen and oxygen atoms in total. The third kappa shape index (κ3) is 2.32. The summed E-state index contributed by atoms with van der Waals surface area (Å²) in [4.78, 5) is 15.0. The standard InChI is InChI=1S/C10H13NO4S/c1-7(12)9-5-11-10(15-9)8-3-2-4-16(13,14)6-8/h5,8H,2-4,6H2,1H3. The van der Waals surface area contributed by atoms with Gasteiger partial charge in [0.2, 0.25) is 0 Å². The average molecular weight is 243 g/mol. The van der Waals surface area contributed by atoms with Crippen molar-refractivity contribution in [2.75, 3.05) is 11.5 Å². The molecule has 1 atom stereocenters. The van der Waals surface area contributed by atoms with E-state index in [9.17, 15) is 13.2 Å². The van der Waals surface area contributed by atoms with Crippen LogP contribution in [-0.2, 0) is 9.84 Å². The molecule has 1 aliphatic heterocycles. The summed E-state index contributed by atoms with van der Waals surface area (Å²) in [6.45, 7) is 1.39. The predicted molar refractivity (Wildman–Crippen MR) is 57.1 cm³/mol. The highest BCUT2D eigenvalue weighted by molar-refractivity contribution is 7.91. The zero-order chi connectivity index (χ0) is 11.8. The van der Waals surface area contributed by atoms with Gasteiger partial charge in [-0.1, -0.05) is 0 Å². The number of aromatic nitrogens is 1. The van der Waals surface area contributed by atoms with E-state index in [-0.39, 0.29) is 29.0 Å². The number of carbonyl (C=O) groups is 1. The van der Waals surface area contributed by atoms with Crippen LogP contribution in [0.5, 0.6) is 0 Å². The molecule has 2 rings (SSSR count). The van der Waals surface area contributed by atoms with Gasteiger partial charge in [-0.3, -0.25) is 4.79 Å². The minimum absolute atomic E-state index is 0.0743. The first-order chi connectivity index (χ1) is 7.48. The van der Waals surface area contributed by atoms with E-state index < -0.39 is 9.84 Å². The van der Waals surface area contributed by atoms with Crippen molar-refractivity contribution < 1.29 is 17.6 Å². The lowest BCUT2D eigenvalue weighted by Gasteiger charge is -2.18. The molecule has 1 aliphatic rings. The van der Waals surface area contributed by atoms with Gasteiger partial charge in [-0.2, -0.15) is 0 Å². The molecule has 0 bridgehead atoms. The van der Waals surface area contributed by atoms with Crippen molar-refractivity contribution in [3.05, 3.63) is 17.8 Å². The molecule has 6 heteroatoms. The molecule has 88 valence electrons. The van der Waals surface area contributed by atoms with Gasteiger partial charge in [0.1, 0.15) is 0 Å². The fourth-order valence-electron chi connectivity index (χ4n) is 1.86. The Morgan fingerprint density at radius 2 is 2.31 bits per heavy atom. The summed E-state index contributed by atoms with van der Waals surface area (Å²) in [6.07, 6.45) is 2.74. The molecule has 1 aromatic heterocycles. The van der Waals surface area contributed by atoms with Crippen LogP contribution in [0.4, 0.5) is 0 Å². The van der Waals surface area contributed by atoms with Crippen LogP contribution in [0.3, 0.4) is 0 Å². The molecular weight excluding hydrogens is 230 g/mol. The van der Waals surface area contributed by atoms with Gasteiger partial charge in [0.05, 0.1) is 17.7 Å². The molecule has 0 N–H and O–H groups in total. The molecule has 0 aliphatic carbocycles. The predicted octanol–water partition coefficient (Wildman–Crippen LogP) is 1.17. The van der Waals surface area contributed by atoms with Crippen molar-refractivity contribution in [2.24, 2.45) is 0 Å². The van der Waals surface area contributed by atoms with Crippen molar-refractivity contribution in [2.45, 2.75) is 25.7 Å². The molecule has 1 fully saturated rings. The second kappa shape index (κ2) is 4.01. The maximum Gasteiger partial charge on any atom is 0.199 e. The Hall–Kier alpha value is -1.17. The molecule has 0 radical (unpaired) electrons. The lowest BCUT2D eigenvalue weighted by atomic mass is 10.1. The van der Waals surface area contributed by atoms with Gasteiger partial charge < -0.3 is 4.42 Å². The molecule has 1 unspecified atom stereocenters. The third-order valence-corrected chi connectivity index (χ3v) is 4.50. The van der Waals surface area contributed by atoms with Crippen LogP contribution < -0.4 is 0 Å². The van der Waals surface area contributed by atoms with E-state index in [0.717, 1.165) is 6.42 Å². The zero-order valence-corrected chi connectivity index (χ0v) is 9.79. The first-order valence-corrected chi connectivity index (χ1v) is 6.97. The fourth-order valence-corrected chi connectivity index (χ4v) is 3.55. The summed E-state index contributed by atoms with van der Waals surface area (Å²) in [6, 6.07) is 0. The summed E-state index contributed by atoms with van der Waals surface area (Å²) < 4.78 is 28.1.